The van der Waals surface area contributed by atoms with Crippen molar-refractivity contribution in [2.24, 2.45) is 0 Å². The predicted molar refractivity (Wildman–Crippen MR) is 157 cm³/mol. The number of rotatable bonds is 11. The first-order chi connectivity index (χ1) is 18.7. The molecule has 2 aromatic carbocycles. The van der Waals surface area contributed by atoms with Crippen LogP contribution in [-0.4, -0.2) is 66.2 Å². The van der Waals surface area contributed by atoms with Gasteiger partial charge in [0.05, 0.1) is 43.0 Å². The monoisotopic (exact) mass is 549 g/mol. The average Bonchev–Trinajstić information content (AvgIpc) is 3.37. The average molecular weight is 550 g/mol. The maximum absolute atomic E-state index is 12.2. The molecule has 0 saturated heterocycles. The number of benzene rings is 2. The minimum atomic E-state index is -0.338. The summed E-state index contributed by atoms with van der Waals surface area (Å²) in [7, 11) is 7.22. The Morgan fingerprint density at radius 2 is 1.92 bits per heavy atom. The van der Waals surface area contributed by atoms with E-state index in [9.17, 15) is 4.79 Å². The van der Waals surface area contributed by atoms with Crippen LogP contribution in [0.3, 0.4) is 0 Å². The molecular formula is C28H32ClN7O3. The lowest BCUT2D eigenvalue weighted by molar-refractivity contribution is -0.111. The van der Waals surface area contributed by atoms with Crippen molar-refractivity contribution < 1.29 is 14.3 Å². The molecule has 11 heteroatoms. The van der Waals surface area contributed by atoms with Gasteiger partial charge in [0.15, 0.2) is 5.82 Å². The van der Waals surface area contributed by atoms with Crippen LogP contribution in [0.15, 0.2) is 61.4 Å². The van der Waals surface area contributed by atoms with E-state index in [1.165, 1.54) is 12.3 Å². The number of anilines is 4. The fraction of sp³-hybridized carbons (Fsp3) is 0.250. The number of likely N-dealkylation sites (N-methyl/N-ethyl adjacent to an activating group) is 1. The van der Waals surface area contributed by atoms with Gasteiger partial charge in [0.25, 0.3) is 0 Å². The minimum Gasteiger partial charge on any atom is -0.496 e. The molecule has 1 amide bonds. The van der Waals surface area contributed by atoms with E-state index in [1.807, 2.05) is 55.2 Å². The number of aromatic nitrogens is 3. The molecule has 0 saturated carbocycles. The topological polar surface area (TPSA) is 106 Å². The van der Waals surface area contributed by atoms with Gasteiger partial charge in [-0.1, -0.05) is 24.2 Å². The number of hydrogen-bond donors (Lipinski definition) is 3. The number of fused-ring (bicyclic) bond motifs is 1. The number of nitrogens with zero attached hydrogens (tertiary/aromatic N) is 4. The smallest absolute Gasteiger partial charge is 0.247 e. The summed E-state index contributed by atoms with van der Waals surface area (Å²) in [5.41, 5.74) is 2.68. The Labute approximate surface area is 232 Å². The van der Waals surface area contributed by atoms with Gasteiger partial charge in [0.1, 0.15) is 16.5 Å². The van der Waals surface area contributed by atoms with Crippen LogP contribution in [0.4, 0.5) is 23.0 Å². The summed E-state index contributed by atoms with van der Waals surface area (Å²) in [5, 5.41) is 10.8. The first-order valence-corrected chi connectivity index (χ1v) is 12.6. The zero-order valence-corrected chi connectivity index (χ0v) is 23.3. The quantitative estimate of drug-likeness (QED) is 0.216. The second-order valence-electron chi connectivity index (χ2n) is 9.05. The van der Waals surface area contributed by atoms with Crippen molar-refractivity contribution in [3.63, 3.8) is 0 Å². The molecule has 4 rings (SSSR count). The highest BCUT2D eigenvalue weighted by atomic mass is 35.5. The summed E-state index contributed by atoms with van der Waals surface area (Å²) in [6.07, 6.45) is 4.63. The molecule has 10 nitrogen and oxygen atoms in total. The van der Waals surface area contributed by atoms with Crippen LogP contribution in [0, 0.1) is 0 Å². The lowest BCUT2D eigenvalue weighted by Gasteiger charge is -2.23. The van der Waals surface area contributed by atoms with Gasteiger partial charge in [0, 0.05) is 30.2 Å². The van der Waals surface area contributed by atoms with Crippen molar-refractivity contribution in [3.8, 4) is 17.3 Å². The number of nitrogens with one attached hydrogen (secondary N) is 3. The zero-order chi connectivity index (χ0) is 28.1. The highest BCUT2D eigenvalue weighted by molar-refractivity contribution is 6.32. The summed E-state index contributed by atoms with van der Waals surface area (Å²) >= 11 is 6.53. The molecule has 1 atom stereocenters. The summed E-state index contributed by atoms with van der Waals surface area (Å²) in [6, 6.07) is 11.5. The Morgan fingerprint density at radius 1 is 1.15 bits per heavy atom. The summed E-state index contributed by atoms with van der Waals surface area (Å²) in [6.45, 7) is 6.31. The van der Waals surface area contributed by atoms with Crippen molar-refractivity contribution in [2.75, 3.05) is 50.8 Å². The van der Waals surface area contributed by atoms with Gasteiger partial charge in [-0.15, -0.1) is 0 Å². The fourth-order valence-electron chi connectivity index (χ4n) is 3.93. The van der Waals surface area contributed by atoms with Gasteiger partial charge in [-0.2, -0.15) is 4.98 Å². The highest BCUT2D eigenvalue weighted by Gasteiger charge is 2.17. The third-order valence-corrected chi connectivity index (χ3v) is 6.63. The van der Waals surface area contributed by atoms with E-state index in [1.54, 1.807) is 20.3 Å². The summed E-state index contributed by atoms with van der Waals surface area (Å²) in [5.74, 6) is 1.73. The first-order valence-electron chi connectivity index (χ1n) is 12.3. The molecule has 0 spiro atoms. The molecule has 0 aliphatic heterocycles. The largest absolute Gasteiger partial charge is 0.496 e. The molecule has 3 N–H and O–H groups in total. The van der Waals surface area contributed by atoms with Crippen LogP contribution >= 0.6 is 11.6 Å². The number of carbonyl (C=O) groups is 1. The van der Waals surface area contributed by atoms with Crippen molar-refractivity contribution in [1.82, 2.24) is 19.4 Å². The zero-order valence-electron chi connectivity index (χ0n) is 22.6. The first kappa shape index (κ1) is 27.7. The van der Waals surface area contributed by atoms with Crippen molar-refractivity contribution in [2.45, 2.75) is 13.0 Å². The van der Waals surface area contributed by atoms with Crippen LogP contribution in [0.25, 0.3) is 16.7 Å². The van der Waals surface area contributed by atoms with Crippen molar-refractivity contribution in [1.29, 1.82) is 0 Å². The molecule has 0 radical (unpaired) electrons. The molecule has 2 aromatic heterocycles. The Hall–Kier alpha value is -4.28. The van der Waals surface area contributed by atoms with E-state index >= 15 is 0 Å². The predicted octanol–water partition coefficient (Wildman–Crippen LogP) is 5.32. The molecule has 0 aliphatic carbocycles. The van der Waals surface area contributed by atoms with Gasteiger partial charge >= 0.3 is 0 Å². The molecule has 2 heterocycles. The molecule has 0 fully saturated rings. The Kier molecular flexibility index (Phi) is 8.58. The molecule has 1 unspecified atom stereocenters. The molecular weight excluding hydrogens is 518 g/mol. The van der Waals surface area contributed by atoms with E-state index < -0.39 is 0 Å². The third-order valence-electron chi connectivity index (χ3n) is 6.37. The van der Waals surface area contributed by atoms with Gasteiger partial charge in [-0.3, -0.25) is 9.36 Å². The molecule has 4 aromatic rings. The Balaban J connectivity index is 1.71. The number of carbonyl (C=O) groups excluding carboxylic acids is 1. The van der Waals surface area contributed by atoms with Crippen molar-refractivity contribution in [3.05, 3.63) is 66.5 Å². The Morgan fingerprint density at radius 3 is 2.62 bits per heavy atom. The summed E-state index contributed by atoms with van der Waals surface area (Å²) < 4.78 is 13.0. The molecule has 0 aliphatic rings. The number of methoxy groups -OCH3 is 2. The van der Waals surface area contributed by atoms with Gasteiger partial charge in [-0.05, 0) is 51.4 Å². The van der Waals surface area contributed by atoms with Crippen LogP contribution < -0.4 is 25.4 Å². The lowest BCUT2D eigenvalue weighted by atomic mass is 10.2. The van der Waals surface area contributed by atoms with Gasteiger partial charge < -0.3 is 30.3 Å². The summed E-state index contributed by atoms with van der Waals surface area (Å²) in [4.78, 5) is 23.4. The van der Waals surface area contributed by atoms with Crippen LogP contribution in [0.5, 0.6) is 11.5 Å². The maximum atomic E-state index is 12.2. The van der Waals surface area contributed by atoms with E-state index in [0.29, 0.717) is 46.1 Å². The van der Waals surface area contributed by atoms with Gasteiger partial charge in [0.2, 0.25) is 11.9 Å². The number of amides is 1. The third kappa shape index (κ3) is 6.08. The van der Waals surface area contributed by atoms with Crippen LogP contribution in [0.2, 0.25) is 5.02 Å². The lowest BCUT2D eigenvalue weighted by Crippen LogP contribution is -2.31. The number of halogens is 1. The normalized spacial score (nSPS) is 11.8. The fourth-order valence-corrected chi connectivity index (χ4v) is 4.11. The van der Waals surface area contributed by atoms with E-state index in [0.717, 1.165) is 16.7 Å². The van der Waals surface area contributed by atoms with Gasteiger partial charge in [-0.25, -0.2) is 4.98 Å². The van der Waals surface area contributed by atoms with E-state index in [4.69, 9.17) is 21.1 Å². The van der Waals surface area contributed by atoms with E-state index in [2.05, 4.69) is 44.3 Å². The molecule has 39 heavy (non-hydrogen) atoms. The number of ether oxygens (including phenoxy) is 2. The highest BCUT2D eigenvalue weighted by Crippen LogP contribution is 2.37. The number of hydrogen-bond acceptors (Lipinski definition) is 8. The SMILES string of the molecule is C=CC(=O)Nc1cc(Nc2ncc(Cl)c(-n3ccc4c(OC)cccc43)n2)c(OC)cc1NCC(C)N(C)C. The maximum Gasteiger partial charge on any atom is 0.247 e. The second kappa shape index (κ2) is 12.1. The molecule has 204 valence electrons. The van der Waals surface area contributed by atoms with Crippen LogP contribution in [-0.2, 0) is 4.79 Å². The standard InChI is InChI=1S/C28H32ClN7O3/c1-7-26(37)32-21-13-22(25(39-6)14-20(21)30-15-17(2)35(3)4)33-28-31-16-19(29)27(34-28)36-12-11-18-23(36)9-8-10-24(18)38-5/h7-14,16-17,30H,1,15H2,2-6H3,(H,32,37)(H,31,33,34). The second-order valence-corrected chi connectivity index (χ2v) is 9.46. The Bertz CT molecular complexity index is 1500. The minimum absolute atomic E-state index is 0.252. The van der Waals surface area contributed by atoms with Crippen molar-refractivity contribution >= 4 is 51.4 Å². The van der Waals surface area contributed by atoms with E-state index in [-0.39, 0.29) is 11.9 Å². The van der Waals surface area contributed by atoms with Crippen LogP contribution in [0.1, 0.15) is 6.92 Å². The molecule has 0 bridgehead atoms.